The van der Waals surface area contributed by atoms with Crippen LogP contribution in [0.4, 0.5) is 0 Å². The van der Waals surface area contributed by atoms with Crippen LogP contribution in [0.25, 0.3) is 17.3 Å². The fraction of sp³-hybridized carbons (Fsp3) is 0.189. The highest BCUT2D eigenvalue weighted by atomic mass is 16.5. The van der Waals surface area contributed by atoms with E-state index < -0.39 is 16.7 Å². The molecule has 0 amide bonds. The minimum Gasteiger partial charge on any atom is -0.357 e. The van der Waals surface area contributed by atoms with Gasteiger partial charge in [0.25, 0.3) is 0 Å². The van der Waals surface area contributed by atoms with E-state index in [0.717, 1.165) is 33.5 Å². The first-order valence-electron chi connectivity index (χ1n) is 14.0. The fourth-order valence-electron chi connectivity index (χ4n) is 6.22. The maximum Gasteiger partial charge on any atom is 0.192 e. The van der Waals surface area contributed by atoms with Gasteiger partial charge in [-0.05, 0) is 56.0 Å². The van der Waals surface area contributed by atoms with Crippen molar-refractivity contribution in [1.82, 2.24) is 9.55 Å². The van der Waals surface area contributed by atoms with Crippen molar-refractivity contribution >= 4 is 11.9 Å². The number of carbonyl (C=O) groups is 1. The second kappa shape index (κ2) is 10.1. The van der Waals surface area contributed by atoms with E-state index in [1.54, 1.807) is 0 Å². The normalized spacial score (nSPS) is 17.2. The maximum atomic E-state index is 13.3. The molecule has 204 valence electrons. The summed E-state index contributed by atoms with van der Waals surface area (Å²) in [6.45, 7) is 7.58. The van der Waals surface area contributed by atoms with Crippen LogP contribution in [0.5, 0.6) is 0 Å². The molecule has 6 rings (SSSR count). The zero-order valence-corrected chi connectivity index (χ0v) is 23.9. The molecule has 5 aromatic rings. The van der Waals surface area contributed by atoms with Crippen LogP contribution in [-0.4, -0.2) is 26.5 Å². The predicted octanol–water partition coefficient (Wildman–Crippen LogP) is 7.93. The summed E-state index contributed by atoms with van der Waals surface area (Å²) in [5.74, 6) is 0.0130. The smallest absolute Gasteiger partial charge is 0.192 e. The fourth-order valence-corrected chi connectivity index (χ4v) is 6.22. The van der Waals surface area contributed by atoms with Crippen LogP contribution in [0.2, 0.25) is 0 Å². The first-order valence-corrected chi connectivity index (χ1v) is 14.0. The van der Waals surface area contributed by atoms with Gasteiger partial charge in [-0.1, -0.05) is 115 Å². The van der Waals surface area contributed by atoms with Crippen LogP contribution in [0.3, 0.4) is 0 Å². The van der Waals surface area contributed by atoms with E-state index in [2.05, 4.69) is 89.6 Å². The largest absolute Gasteiger partial charge is 0.357 e. The van der Waals surface area contributed by atoms with Gasteiger partial charge in [-0.2, -0.15) is 0 Å². The zero-order chi connectivity index (χ0) is 28.7. The van der Waals surface area contributed by atoms with E-state index in [-0.39, 0.29) is 5.78 Å². The van der Waals surface area contributed by atoms with Crippen molar-refractivity contribution in [2.45, 2.75) is 44.4 Å². The molecule has 0 radical (unpaired) electrons. The van der Waals surface area contributed by atoms with Crippen LogP contribution in [0, 0.1) is 0 Å². The second-order valence-electron chi connectivity index (χ2n) is 11.6. The lowest BCUT2D eigenvalue weighted by atomic mass is 9.77. The molecule has 1 aromatic heterocycles. The van der Waals surface area contributed by atoms with E-state index in [9.17, 15) is 4.79 Å². The van der Waals surface area contributed by atoms with Gasteiger partial charge in [0.1, 0.15) is 11.1 Å². The first kappa shape index (κ1) is 26.7. The van der Waals surface area contributed by atoms with Gasteiger partial charge in [-0.15, -0.1) is 0 Å². The number of imidazole rings is 1. The van der Waals surface area contributed by atoms with Crippen molar-refractivity contribution in [3.8, 4) is 11.3 Å². The average molecular weight is 539 g/mol. The van der Waals surface area contributed by atoms with Crippen LogP contribution < -0.4 is 0 Å². The lowest BCUT2D eigenvalue weighted by Crippen LogP contribution is -2.36. The molecule has 1 aliphatic heterocycles. The number of benzene rings is 4. The van der Waals surface area contributed by atoms with Crippen LogP contribution >= 0.6 is 0 Å². The summed E-state index contributed by atoms with van der Waals surface area (Å²) in [7, 11) is 0. The highest BCUT2D eigenvalue weighted by Crippen LogP contribution is 2.43. The molecule has 1 aliphatic rings. The maximum absolute atomic E-state index is 13.3. The molecule has 0 bridgehead atoms. The van der Waals surface area contributed by atoms with E-state index in [4.69, 9.17) is 9.72 Å². The van der Waals surface area contributed by atoms with Crippen LogP contribution in [0.1, 0.15) is 49.9 Å². The van der Waals surface area contributed by atoms with E-state index in [1.165, 1.54) is 0 Å². The molecular formula is C37H34N2O2. The first-order chi connectivity index (χ1) is 19.7. The summed E-state index contributed by atoms with van der Waals surface area (Å²) >= 11 is 0. The molecule has 41 heavy (non-hydrogen) atoms. The van der Waals surface area contributed by atoms with Gasteiger partial charge in [-0.3, -0.25) is 4.79 Å². The summed E-state index contributed by atoms with van der Waals surface area (Å²) in [5, 5.41) is 0. The quantitative estimate of drug-likeness (QED) is 0.163. The van der Waals surface area contributed by atoms with Crippen LogP contribution in [0.15, 0.2) is 133 Å². The summed E-state index contributed by atoms with van der Waals surface area (Å²) in [5.41, 5.74) is 4.59. The summed E-state index contributed by atoms with van der Waals surface area (Å²) in [4.78, 5) is 18.3. The number of carbonyl (C=O) groups excluding carboxylic acids is 1. The van der Waals surface area contributed by atoms with Gasteiger partial charge in [-0.25, -0.2) is 4.98 Å². The number of hydrogen-bond acceptors (Lipinski definition) is 3. The number of ether oxygens (including phenoxy) is 1. The third kappa shape index (κ3) is 4.55. The molecule has 0 spiro atoms. The SMILES string of the molecule is CC1(C)OC(C)(C)/C(=C\c2ccccc2-c2cn(C(c3ccccc3)(c3ccccc3)c3ccccc3)cn2)C1=O. The third-order valence-corrected chi connectivity index (χ3v) is 8.03. The molecule has 1 fully saturated rings. The van der Waals surface area contributed by atoms with E-state index in [0.29, 0.717) is 5.57 Å². The number of hydrogen-bond donors (Lipinski definition) is 0. The number of ketones is 1. The van der Waals surface area contributed by atoms with Crippen molar-refractivity contribution < 1.29 is 9.53 Å². The molecule has 2 heterocycles. The zero-order valence-electron chi connectivity index (χ0n) is 23.9. The molecule has 0 saturated carbocycles. The van der Waals surface area contributed by atoms with Gasteiger partial charge in [0.15, 0.2) is 5.78 Å². The Kier molecular flexibility index (Phi) is 6.59. The number of rotatable bonds is 6. The molecule has 1 saturated heterocycles. The minimum absolute atomic E-state index is 0.0130. The van der Waals surface area contributed by atoms with Crippen molar-refractivity contribution in [3.63, 3.8) is 0 Å². The number of aromatic nitrogens is 2. The Bertz CT molecular complexity index is 1620. The van der Waals surface area contributed by atoms with Crippen molar-refractivity contribution in [3.05, 3.63) is 156 Å². The minimum atomic E-state index is -0.855. The van der Waals surface area contributed by atoms with Crippen molar-refractivity contribution in [2.24, 2.45) is 0 Å². The monoisotopic (exact) mass is 538 g/mol. The van der Waals surface area contributed by atoms with E-state index >= 15 is 0 Å². The number of nitrogens with zero attached hydrogens (tertiary/aromatic N) is 2. The van der Waals surface area contributed by atoms with Gasteiger partial charge in [0.05, 0.1) is 17.6 Å². The lowest BCUT2D eigenvalue weighted by Gasteiger charge is -2.37. The van der Waals surface area contributed by atoms with Crippen molar-refractivity contribution in [1.29, 1.82) is 0 Å². The molecule has 4 nitrogen and oxygen atoms in total. The van der Waals surface area contributed by atoms with Gasteiger partial charge < -0.3 is 9.30 Å². The Hall–Kier alpha value is -4.54. The highest BCUT2D eigenvalue weighted by molar-refractivity contribution is 6.08. The lowest BCUT2D eigenvalue weighted by molar-refractivity contribution is -0.132. The molecular weight excluding hydrogens is 504 g/mol. The molecule has 0 aliphatic carbocycles. The van der Waals surface area contributed by atoms with Crippen LogP contribution in [-0.2, 0) is 15.1 Å². The Morgan fingerprint density at radius 2 is 1.17 bits per heavy atom. The van der Waals surface area contributed by atoms with Gasteiger partial charge >= 0.3 is 0 Å². The van der Waals surface area contributed by atoms with E-state index in [1.807, 2.05) is 76.5 Å². The Balaban J connectivity index is 1.55. The number of Topliss-reactive ketones (excluding diaryl/α,β-unsaturated/α-hetero) is 1. The second-order valence-corrected chi connectivity index (χ2v) is 11.6. The van der Waals surface area contributed by atoms with Gasteiger partial charge in [0.2, 0.25) is 0 Å². The Morgan fingerprint density at radius 3 is 1.66 bits per heavy atom. The average Bonchev–Trinajstić information content (AvgIpc) is 3.53. The standard InChI is InChI=1S/C37H34N2O2/c1-35(2)32(34(40)36(3,4)41-35)24-27-16-14-15-23-31(27)33-25-39(26-38-33)37(28-17-8-5-9-18-28,29-19-10-6-11-20-29)30-21-12-7-13-22-30/h5-26H,1-4H3/b32-24-. The highest BCUT2D eigenvalue weighted by Gasteiger charge is 2.49. The third-order valence-electron chi connectivity index (χ3n) is 8.03. The van der Waals surface area contributed by atoms with Gasteiger partial charge in [0, 0.05) is 17.3 Å². The summed E-state index contributed by atoms with van der Waals surface area (Å²) < 4.78 is 8.35. The summed E-state index contributed by atoms with van der Waals surface area (Å²) in [6, 6.07) is 39.8. The van der Waals surface area contributed by atoms with Crippen molar-refractivity contribution in [2.75, 3.05) is 0 Å². The predicted molar refractivity (Wildman–Crippen MR) is 164 cm³/mol. The topological polar surface area (TPSA) is 44.1 Å². The molecule has 0 N–H and O–H groups in total. The Labute approximate surface area is 242 Å². The molecule has 0 unspecified atom stereocenters. The summed E-state index contributed by atoms with van der Waals surface area (Å²) in [6.07, 6.45) is 6.01. The Morgan fingerprint density at radius 1 is 0.683 bits per heavy atom. The molecule has 4 heteroatoms. The molecule has 4 aromatic carbocycles. The molecule has 0 atom stereocenters.